The number of aromatic nitrogens is 1. The lowest BCUT2D eigenvalue weighted by molar-refractivity contribution is -0.135. The molecule has 0 radical (unpaired) electrons. The quantitative estimate of drug-likeness (QED) is 0.603. The molecule has 2 amide bonds. The van der Waals surface area contributed by atoms with Crippen molar-refractivity contribution in [1.29, 1.82) is 0 Å². The first-order chi connectivity index (χ1) is 13.3. The van der Waals surface area contributed by atoms with Gasteiger partial charge in [0, 0.05) is 16.6 Å². The molecule has 0 aliphatic heterocycles. The van der Waals surface area contributed by atoms with E-state index in [2.05, 4.69) is 15.8 Å². The summed E-state index contributed by atoms with van der Waals surface area (Å²) < 4.78 is 5.35. The number of aliphatic carboxylic acids is 1. The van der Waals surface area contributed by atoms with E-state index in [1.807, 2.05) is 26.0 Å². The van der Waals surface area contributed by atoms with E-state index in [0.29, 0.717) is 22.5 Å². The normalized spacial score (nSPS) is 10.6. The van der Waals surface area contributed by atoms with E-state index >= 15 is 0 Å². The number of hydrogen-bond donors (Lipinski definition) is 3. The molecule has 1 aromatic heterocycles. The molecule has 2 aromatic carbocycles. The summed E-state index contributed by atoms with van der Waals surface area (Å²) in [5.41, 5.74) is 4.07. The van der Waals surface area contributed by atoms with E-state index in [9.17, 15) is 14.4 Å². The molecule has 8 nitrogen and oxygen atoms in total. The smallest absolute Gasteiger partial charge is 0.322 e. The van der Waals surface area contributed by atoms with Gasteiger partial charge in [0.25, 0.3) is 5.91 Å². The van der Waals surface area contributed by atoms with Crippen molar-refractivity contribution in [1.82, 2.24) is 10.5 Å². The van der Waals surface area contributed by atoms with Crippen LogP contribution in [0.4, 0.5) is 5.69 Å². The second-order valence-electron chi connectivity index (χ2n) is 6.47. The van der Waals surface area contributed by atoms with E-state index in [-0.39, 0.29) is 12.3 Å². The largest absolute Gasteiger partial charge is 0.480 e. The topological polar surface area (TPSA) is 122 Å². The number of nitrogens with one attached hydrogen (secondary N) is 2. The average molecular weight is 381 g/mol. The van der Waals surface area contributed by atoms with Crippen LogP contribution in [-0.2, 0) is 16.0 Å². The highest BCUT2D eigenvalue weighted by atomic mass is 16.5. The molecule has 0 saturated carbocycles. The Morgan fingerprint density at radius 3 is 2.50 bits per heavy atom. The van der Waals surface area contributed by atoms with Crippen LogP contribution in [0, 0.1) is 13.8 Å². The van der Waals surface area contributed by atoms with Crippen LogP contribution in [-0.4, -0.2) is 34.6 Å². The van der Waals surface area contributed by atoms with Crippen LogP contribution in [0.1, 0.15) is 27.2 Å². The zero-order valence-corrected chi connectivity index (χ0v) is 15.4. The highest BCUT2D eigenvalue weighted by Gasteiger charge is 2.15. The monoisotopic (exact) mass is 381 g/mol. The maximum atomic E-state index is 12.4. The van der Waals surface area contributed by atoms with Gasteiger partial charge in [0.15, 0.2) is 5.58 Å². The van der Waals surface area contributed by atoms with Gasteiger partial charge < -0.3 is 20.3 Å². The number of carboxylic acid groups (broad SMARTS) is 1. The molecular formula is C20H19N3O5. The zero-order chi connectivity index (χ0) is 20.3. The van der Waals surface area contributed by atoms with Crippen LogP contribution in [0.2, 0.25) is 0 Å². The molecule has 0 aliphatic rings. The lowest BCUT2D eigenvalue weighted by Gasteiger charge is -2.06. The Hall–Kier alpha value is -3.68. The van der Waals surface area contributed by atoms with Gasteiger partial charge in [-0.05, 0) is 55.3 Å². The number of carboxylic acids is 1. The molecule has 3 N–H and O–H groups in total. The number of anilines is 1. The number of benzene rings is 2. The zero-order valence-electron chi connectivity index (χ0n) is 15.4. The third-order valence-electron chi connectivity index (χ3n) is 4.14. The van der Waals surface area contributed by atoms with Gasteiger partial charge in [0.1, 0.15) is 12.2 Å². The number of aryl methyl sites for hydroxylation is 2. The number of fused-ring (bicyclic) bond motifs is 1. The van der Waals surface area contributed by atoms with E-state index < -0.39 is 18.4 Å². The van der Waals surface area contributed by atoms with Crippen molar-refractivity contribution in [3.63, 3.8) is 0 Å². The molecule has 0 saturated heterocycles. The standard InChI is InChI=1S/C20H19N3O5/c1-11-7-12(2)19-15(8-11)16(23-28-19)9-17(24)22-14-5-3-13(4-6-14)20(27)21-10-18(25)26/h3-8H,9-10H2,1-2H3,(H,21,27)(H,22,24)(H,25,26). The van der Waals surface area contributed by atoms with Crippen molar-refractivity contribution in [2.24, 2.45) is 0 Å². The van der Waals surface area contributed by atoms with Crippen molar-refractivity contribution < 1.29 is 24.0 Å². The van der Waals surface area contributed by atoms with Gasteiger partial charge >= 0.3 is 5.97 Å². The second-order valence-corrected chi connectivity index (χ2v) is 6.47. The van der Waals surface area contributed by atoms with Gasteiger partial charge in [-0.15, -0.1) is 0 Å². The number of rotatable bonds is 6. The summed E-state index contributed by atoms with van der Waals surface area (Å²) in [5, 5.41) is 18.4. The van der Waals surface area contributed by atoms with Gasteiger partial charge in [0.2, 0.25) is 5.91 Å². The Morgan fingerprint density at radius 1 is 1.11 bits per heavy atom. The van der Waals surface area contributed by atoms with Crippen LogP contribution in [0.15, 0.2) is 40.9 Å². The van der Waals surface area contributed by atoms with Crippen LogP contribution in [0.5, 0.6) is 0 Å². The first kappa shape index (κ1) is 19.1. The maximum Gasteiger partial charge on any atom is 0.322 e. The number of carbonyl (C=O) groups excluding carboxylic acids is 2. The summed E-state index contributed by atoms with van der Waals surface area (Å²) in [6.07, 6.45) is 0.0523. The summed E-state index contributed by atoms with van der Waals surface area (Å²) in [7, 11) is 0. The molecule has 144 valence electrons. The van der Waals surface area contributed by atoms with Gasteiger partial charge in [-0.2, -0.15) is 0 Å². The predicted molar refractivity (Wildman–Crippen MR) is 102 cm³/mol. The first-order valence-electron chi connectivity index (χ1n) is 8.59. The summed E-state index contributed by atoms with van der Waals surface area (Å²) in [5.74, 6) is -1.89. The van der Waals surface area contributed by atoms with Gasteiger partial charge in [0.05, 0.1) is 6.42 Å². The van der Waals surface area contributed by atoms with Crippen LogP contribution >= 0.6 is 0 Å². The van der Waals surface area contributed by atoms with E-state index in [4.69, 9.17) is 9.63 Å². The average Bonchev–Trinajstić information content (AvgIpc) is 3.03. The SMILES string of the molecule is Cc1cc(C)c2onc(CC(=O)Nc3ccc(C(=O)NCC(=O)O)cc3)c2c1. The molecule has 1 heterocycles. The minimum Gasteiger partial charge on any atom is -0.480 e. The van der Waals surface area contributed by atoms with Crippen LogP contribution < -0.4 is 10.6 Å². The third-order valence-corrected chi connectivity index (χ3v) is 4.14. The molecule has 0 unspecified atom stereocenters. The summed E-state index contributed by atoms with van der Waals surface area (Å²) >= 11 is 0. The highest BCUT2D eigenvalue weighted by Crippen LogP contribution is 2.24. The van der Waals surface area contributed by atoms with E-state index in [1.54, 1.807) is 12.1 Å². The second kappa shape index (κ2) is 7.91. The third kappa shape index (κ3) is 4.35. The molecule has 3 aromatic rings. The lowest BCUT2D eigenvalue weighted by Crippen LogP contribution is -2.29. The molecule has 0 bridgehead atoms. The number of nitrogens with zero attached hydrogens (tertiary/aromatic N) is 1. The maximum absolute atomic E-state index is 12.4. The Labute approximate surface area is 160 Å². The Morgan fingerprint density at radius 2 is 1.82 bits per heavy atom. The molecule has 0 spiro atoms. The fraction of sp³-hybridized carbons (Fsp3) is 0.200. The predicted octanol–water partition coefficient (Wildman–Crippen LogP) is 2.44. The fourth-order valence-electron chi connectivity index (χ4n) is 2.89. The van der Waals surface area contributed by atoms with E-state index in [0.717, 1.165) is 16.5 Å². The number of amides is 2. The summed E-state index contributed by atoms with van der Waals surface area (Å²) in [4.78, 5) is 34.6. The van der Waals surface area contributed by atoms with Crippen molar-refractivity contribution >= 4 is 34.4 Å². The van der Waals surface area contributed by atoms with Crippen LogP contribution in [0.3, 0.4) is 0 Å². The molecule has 8 heteroatoms. The minimum absolute atomic E-state index is 0.0523. The highest BCUT2D eigenvalue weighted by molar-refractivity contribution is 5.98. The Kier molecular flexibility index (Phi) is 5.39. The van der Waals surface area contributed by atoms with Crippen molar-refractivity contribution in [2.45, 2.75) is 20.3 Å². The van der Waals surface area contributed by atoms with Gasteiger partial charge in [-0.3, -0.25) is 14.4 Å². The number of carbonyl (C=O) groups is 3. The molecule has 3 rings (SSSR count). The van der Waals surface area contributed by atoms with Crippen molar-refractivity contribution in [3.8, 4) is 0 Å². The molecular weight excluding hydrogens is 362 g/mol. The van der Waals surface area contributed by atoms with Crippen molar-refractivity contribution in [2.75, 3.05) is 11.9 Å². The lowest BCUT2D eigenvalue weighted by atomic mass is 10.1. The Balaban J connectivity index is 1.65. The van der Waals surface area contributed by atoms with Gasteiger partial charge in [-0.1, -0.05) is 11.2 Å². The molecule has 0 atom stereocenters. The van der Waals surface area contributed by atoms with Crippen molar-refractivity contribution in [3.05, 3.63) is 58.8 Å². The summed E-state index contributed by atoms with van der Waals surface area (Å²) in [6.45, 7) is 3.44. The minimum atomic E-state index is -1.12. The summed E-state index contributed by atoms with van der Waals surface area (Å²) in [6, 6.07) is 10.1. The van der Waals surface area contributed by atoms with Gasteiger partial charge in [-0.25, -0.2) is 0 Å². The molecule has 28 heavy (non-hydrogen) atoms. The number of hydrogen-bond acceptors (Lipinski definition) is 5. The molecule has 0 aliphatic carbocycles. The van der Waals surface area contributed by atoms with Crippen LogP contribution in [0.25, 0.3) is 11.0 Å². The first-order valence-corrected chi connectivity index (χ1v) is 8.59. The molecule has 0 fully saturated rings. The van der Waals surface area contributed by atoms with E-state index in [1.165, 1.54) is 12.1 Å². The fourth-order valence-corrected chi connectivity index (χ4v) is 2.89. The Bertz CT molecular complexity index is 1050.